The average Bonchev–Trinajstić information content (AvgIpc) is 2.24. The van der Waals surface area contributed by atoms with E-state index in [1.165, 1.54) is 0 Å². The lowest BCUT2D eigenvalue weighted by atomic mass is 10.1. The van der Waals surface area contributed by atoms with Gasteiger partial charge in [0, 0.05) is 11.1 Å². The maximum atomic E-state index is 10.2. The summed E-state index contributed by atoms with van der Waals surface area (Å²) in [6.45, 7) is 12.7. The Morgan fingerprint density at radius 1 is 1.11 bits per heavy atom. The predicted octanol–water partition coefficient (Wildman–Crippen LogP) is 3.35. The zero-order valence-corrected chi connectivity index (χ0v) is 11.9. The zero-order valence-electron chi connectivity index (χ0n) is 11.9. The van der Waals surface area contributed by atoms with Gasteiger partial charge in [-0.25, -0.2) is 9.59 Å². The molecule has 0 aliphatic heterocycles. The summed E-state index contributed by atoms with van der Waals surface area (Å²) in [6.07, 6.45) is 2.60. The first-order chi connectivity index (χ1) is 8.09. The number of carbonyl (C=O) groups is 2. The van der Waals surface area contributed by atoms with Gasteiger partial charge in [0.1, 0.15) is 0 Å². The van der Waals surface area contributed by atoms with Crippen LogP contribution in [0.1, 0.15) is 41.0 Å². The molecule has 0 saturated carbocycles. The van der Waals surface area contributed by atoms with Gasteiger partial charge in [0.05, 0.1) is 0 Å². The van der Waals surface area contributed by atoms with Crippen LogP contribution in [0.4, 0.5) is 0 Å². The van der Waals surface area contributed by atoms with Crippen molar-refractivity contribution in [2.24, 2.45) is 11.8 Å². The molecule has 0 rings (SSSR count). The summed E-state index contributed by atoms with van der Waals surface area (Å²) in [5.74, 6) is -1.14. The average molecular weight is 256 g/mol. The molecule has 0 amide bonds. The van der Waals surface area contributed by atoms with Gasteiger partial charge < -0.3 is 10.2 Å². The number of carboxylic acids is 2. The molecule has 0 atom stereocenters. The van der Waals surface area contributed by atoms with Crippen molar-refractivity contribution in [1.29, 1.82) is 0 Å². The Bertz CT molecular complexity index is 325. The van der Waals surface area contributed by atoms with E-state index in [1.807, 2.05) is 0 Å². The molecule has 0 heterocycles. The Morgan fingerprint density at radius 3 is 1.72 bits per heavy atom. The van der Waals surface area contributed by atoms with E-state index in [-0.39, 0.29) is 11.5 Å². The van der Waals surface area contributed by atoms with Gasteiger partial charge >= 0.3 is 11.9 Å². The van der Waals surface area contributed by atoms with Crippen molar-refractivity contribution in [1.82, 2.24) is 0 Å². The summed E-state index contributed by atoms with van der Waals surface area (Å²) in [5, 5.41) is 16.7. The van der Waals surface area contributed by atoms with Gasteiger partial charge in [0.2, 0.25) is 0 Å². The molecular weight excluding hydrogens is 232 g/mol. The highest BCUT2D eigenvalue weighted by Gasteiger charge is 2.06. The molecule has 0 aliphatic rings. The minimum Gasteiger partial charge on any atom is -0.478 e. The number of rotatable bonds is 5. The molecule has 0 bridgehead atoms. The number of hydrogen-bond donors (Lipinski definition) is 2. The Kier molecular flexibility index (Phi) is 9.86. The van der Waals surface area contributed by atoms with Crippen molar-refractivity contribution in [3.8, 4) is 0 Å². The first-order valence-electron chi connectivity index (χ1n) is 5.91. The Balaban J connectivity index is 0. The van der Waals surface area contributed by atoms with Gasteiger partial charge in [0.25, 0.3) is 0 Å². The van der Waals surface area contributed by atoms with Crippen molar-refractivity contribution < 1.29 is 19.8 Å². The van der Waals surface area contributed by atoms with Crippen molar-refractivity contribution >= 4 is 11.9 Å². The molecular formula is C14H24O4. The lowest BCUT2D eigenvalue weighted by molar-refractivity contribution is -0.133. The van der Waals surface area contributed by atoms with Crippen LogP contribution in [0.2, 0.25) is 0 Å². The highest BCUT2D eigenvalue weighted by Crippen LogP contribution is 2.05. The summed E-state index contributed by atoms with van der Waals surface area (Å²) >= 11 is 0. The highest BCUT2D eigenvalue weighted by atomic mass is 16.4. The fourth-order valence-electron chi connectivity index (χ4n) is 0.747. The number of aliphatic carboxylic acids is 2. The third kappa shape index (κ3) is 10.9. The smallest absolute Gasteiger partial charge is 0.331 e. The number of hydrogen-bond acceptors (Lipinski definition) is 2. The molecule has 0 radical (unpaired) electrons. The number of carboxylic acid groups (broad SMARTS) is 2. The van der Waals surface area contributed by atoms with Gasteiger partial charge in [-0.15, -0.1) is 0 Å². The van der Waals surface area contributed by atoms with Crippen molar-refractivity contribution in [3.05, 3.63) is 23.8 Å². The van der Waals surface area contributed by atoms with Gasteiger partial charge in [-0.3, -0.25) is 0 Å². The van der Waals surface area contributed by atoms with E-state index in [9.17, 15) is 9.59 Å². The summed E-state index contributed by atoms with van der Waals surface area (Å²) in [4.78, 5) is 20.3. The summed E-state index contributed by atoms with van der Waals surface area (Å²) in [7, 11) is 0. The van der Waals surface area contributed by atoms with Crippen LogP contribution in [0.5, 0.6) is 0 Å². The van der Waals surface area contributed by atoms with E-state index in [1.54, 1.807) is 26.8 Å². The minimum absolute atomic E-state index is 0.0486. The van der Waals surface area contributed by atoms with Crippen LogP contribution in [0.25, 0.3) is 0 Å². The van der Waals surface area contributed by atoms with E-state index < -0.39 is 11.9 Å². The molecule has 2 N–H and O–H groups in total. The molecule has 0 aromatic heterocycles. The Morgan fingerprint density at radius 2 is 1.56 bits per heavy atom. The summed E-state index contributed by atoms with van der Waals surface area (Å²) in [5.41, 5.74) is 0.707. The lowest BCUT2D eigenvalue weighted by Gasteiger charge is -2.00. The van der Waals surface area contributed by atoms with E-state index in [0.29, 0.717) is 11.5 Å². The second kappa shape index (κ2) is 9.45. The predicted molar refractivity (Wildman–Crippen MR) is 72.5 cm³/mol. The largest absolute Gasteiger partial charge is 0.478 e. The normalized spacial score (nSPS) is 10.9. The molecule has 0 aromatic carbocycles. The van der Waals surface area contributed by atoms with Crippen molar-refractivity contribution in [2.75, 3.05) is 0 Å². The van der Waals surface area contributed by atoms with E-state index in [0.717, 1.165) is 6.42 Å². The van der Waals surface area contributed by atoms with E-state index >= 15 is 0 Å². The molecule has 4 heteroatoms. The fourth-order valence-corrected chi connectivity index (χ4v) is 0.747. The molecule has 18 heavy (non-hydrogen) atoms. The molecule has 0 saturated heterocycles. The summed E-state index contributed by atoms with van der Waals surface area (Å²) in [6, 6.07) is 0. The third-order valence-electron chi connectivity index (χ3n) is 2.20. The first kappa shape index (κ1) is 18.8. The van der Waals surface area contributed by atoms with Gasteiger partial charge in [0.15, 0.2) is 0 Å². The van der Waals surface area contributed by atoms with Gasteiger partial charge in [-0.1, -0.05) is 40.3 Å². The maximum absolute atomic E-state index is 10.2. The monoisotopic (exact) mass is 256 g/mol. The maximum Gasteiger partial charge on any atom is 0.331 e. The van der Waals surface area contributed by atoms with Crippen LogP contribution in [0.15, 0.2) is 23.8 Å². The van der Waals surface area contributed by atoms with Crippen LogP contribution >= 0.6 is 0 Å². The molecule has 0 spiro atoms. The quantitative estimate of drug-likeness (QED) is 0.740. The zero-order chi connectivity index (χ0) is 14.9. The molecule has 0 aromatic rings. The molecule has 0 aliphatic carbocycles. The standard InChI is InChI=1S/C8H14O2.C6H10O2/c1-6(2)4-5-7(3)8(9)10;1-4(2)5(3)6(7)8/h5-6H,4H2,1-3H3,(H,9,10);4H,3H2,1-2H3,(H,7,8). The molecule has 0 fully saturated rings. The highest BCUT2D eigenvalue weighted by molar-refractivity contribution is 5.86. The van der Waals surface area contributed by atoms with E-state index in [4.69, 9.17) is 10.2 Å². The van der Waals surface area contributed by atoms with Crippen LogP contribution in [-0.2, 0) is 9.59 Å². The van der Waals surface area contributed by atoms with Crippen LogP contribution in [0.3, 0.4) is 0 Å². The summed E-state index contributed by atoms with van der Waals surface area (Å²) < 4.78 is 0. The lowest BCUT2D eigenvalue weighted by Crippen LogP contribution is -2.04. The first-order valence-corrected chi connectivity index (χ1v) is 5.91. The van der Waals surface area contributed by atoms with Crippen molar-refractivity contribution in [3.63, 3.8) is 0 Å². The second-order valence-electron chi connectivity index (χ2n) is 4.81. The molecule has 104 valence electrons. The van der Waals surface area contributed by atoms with Crippen LogP contribution in [-0.4, -0.2) is 22.2 Å². The fraction of sp³-hybridized carbons (Fsp3) is 0.571. The second-order valence-corrected chi connectivity index (χ2v) is 4.81. The van der Waals surface area contributed by atoms with Crippen LogP contribution < -0.4 is 0 Å². The SMILES string of the molecule is C=C(C(=O)O)C(C)C.CC(=CCC(C)C)C(=O)O. The number of allylic oxidation sites excluding steroid dienone is 1. The van der Waals surface area contributed by atoms with Gasteiger partial charge in [-0.05, 0) is 25.2 Å². The Labute approximate surface area is 109 Å². The minimum atomic E-state index is -0.903. The van der Waals surface area contributed by atoms with Crippen molar-refractivity contribution in [2.45, 2.75) is 41.0 Å². The van der Waals surface area contributed by atoms with Gasteiger partial charge in [-0.2, -0.15) is 0 Å². The molecule has 0 unspecified atom stereocenters. The van der Waals surface area contributed by atoms with E-state index in [2.05, 4.69) is 20.4 Å². The molecule has 4 nitrogen and oxygen atoms in total. The van der Waals surface area contributed by atoms with Crippen LogP contribution in [0, 0.1) is 11.8 Å². The third-order valence-corrected chi connectivity index (χ3v) is 2.20. The Hall–Kier alpha value is -1.58. The topological polar surface area (TPSA) is 74.6 Å².